The lowest BCUT2D eigenvalue weighted by atomic mass is 10.1. The van der Waals surface area contributed by atoms with Crippen molar-refractivity contribution in [3.05, 3.63) is 40.5 Å². The quantitative estimate of drug-likeness (QED) is 0.824. The largest absolute Gasteiger partial charge is 0.383 e. The Hall–Kier alpha value is -1.65. The van der Waals surface area contributed by atoms with Crippen LogP contribution in [0.5, 0.6) is 0 Å². The lowest BCUT2D eigenvalue weighted by Crippen LogP contribution is -2.26. The van der Waals surface area contributed by atoms with E-state index in [4.69, 9.17) is 17.3 Å². The van der Waals surface area contributed by atoms with E-state index in [1.807, 2.05) is 24.3 Å². The molecule has 0 radical (unpaired) electrons. The van der Waals surface area contributed by atoms with Crippen molar-refractivity contribution < 1.29 is 0 Å². The zero-order valence-corrected chi connectivity index (χ0v) is 10.5. The molecular weight excluding hydrogens is 248 g/mol. The van der Waals surface area contributed by atoms with Crippen LogP contribution < -0.4 is 11.1 Å². The van der Waals surface area contributed by atoms with Crippen molar-refractivity contribution >= 4 is 17.4 Å². The molecule has 0 spiro atoms. The van der Waals surface area contributed by atoms with E-state index >= 15 is 0 Å². The number of nitrogens with zero attached hydrogens (tertiary/aromatic N) is 2. The van der Waals surface area contributed by atoms with Crippen LogP contribution in [0.4, 0.5) is 5.82 Å². The molecule has 3 N–H and O–H groups in total. The SMILES string of the molecule is Nc1nc(-c2ccc(Cl)cc2)nc2c1CNCC2. The van der Waals surface area contributed by atoms with Gasteiger partial charge in [-0.15, -0.1) is 0 Å². The second-order valence-corrected chi connectivity index (χ2v) is 4.73. The highest BCUT2D eigenvalue weighted by atomic mass is 35.5. The summed E-state index contributed by atoms with van der Waals surface area (Å²) in [4.78, 5) is 8.97. The molecule has 2 heterocycles. The molecule has 0 saturated heterocycles. The van der Waals surface area contributed by atoms with Crippen LogP contribution in [0.3, 0.4) is 0 Å². The molecule has 0 aliphatic carbocycles. The van der Waals surface area contributed by atoms with Crippen molar-refractivity contribution in [2.75, 3.05) is 12.3 Å². The van der Waals surface area contributed by atoms with Crippen LogP contribution in [-0.2, 0) is 13.0 Å². The summed E-state index contributed by atoms with van der Waals surface area (Å²) < 4.78 is 0. The number of rotatable bonds is 1. The lowest BCUT2D eigenvalue weighted by molar-refractivity contribution is 0.629. The van der Waals surface area contributed by atoms with Gasteiger partial charge in [0.15, 0.2) is 5.82 Å². The summed E-state index contributed by atoms with van der Waals surface area (Å²) in [6, 6.07) is 7.48. The summed E-state index contributed by atoms with van der Waals surface area (Å²) in [7, 11) is 0. The lowest BCUT2D eigenvalue weighted by Gasteiger charge is -2.18. The zero-order valence-electron chi connectivity index (χ0n) is 9.78. The van der Waals surface area contributed by atoms with Gasteiger partial charge in [-0.2, -0.15) is 0 Å². The predicted molar refractivity (Wildman–Crippen MR) is 72.3 cm³/mol. The number of fused-ring (bicyclic) bond motifs is 1. The number of hydrogen-bond acceptors (Lipinski definition) is 4. The van der Waals surface area contributed by atoms with E-state index in [0.29, 0.717) is 16.7 Å². The van der Waals surface area contributed by atoms with Crippen molar-refractivity contribution in [2.45, 2.75) is 13.0 Å². The van der Waals surface area contributed by atoms with E-state index in [1.54, 1.807) is 0 Å². The van der Waals surface area contributed by atoms with Gasteiger partial charge in [-0.1, -0.05) is 11.6 Å². The molecule has 0 fully saturated rings. The number of benzene rings is 1. The molecule has 1 aromatic heterocycles. The minimum atomic E-state index is 0.567. The highest BCUT2D eigenvalue weighted by molar-refractivity contribution is 6.30. The smallest absolute Gasteiger partial charge is 0.161 e. The Labute approximate surface area is 110 Å². The van der Waals surface area contributed by atoms with Gasteiger partial charge >= 0.3 is 0 Å². The molecule has 3 rings (SSSR count). The van der Waals surface area contributed by atoms with Crippen molar-refractivity contribution in [3.63, 3.8) is 0 Å². The van der Waals surface area contributed by atoms with Crippen LogP contribution in [0.1, 0.15) is 11.3 Å². The number of hydrogen-bond donors (Lipinski definition) is 2. The van der Waals surface area contributed by atoms with Crippen LogP contribution in [0, 0.1) is 0 Å². The van der Waals surface area contributed by atoms with Crippen LogP contribution in [-0.4, -0.2) is 16.5 Å². The molecule has 0 amide bonds. The average Bonchev–Trinajstić information content (AvgIpc) is 2.39. The first kappa shape index (κ1) is 11.4. The Balaban J connectivity index is 2.08. The van der Waals surface area contributed by atoms with Crippen molar-refractivity contribution in [1.29, 1.82) is 0 Å². The van der Waals surface area contributed by atoms with Gasteiger partial charge < -0.3 is 11.1 Å². The molecule has 1 aromatic carbocycles. The van der Waals surface area contributed by atoms with Crippen LogP contribution in [0.2, 0.25) is 5.02 Å². The van der Waals surface area contributed by atoms with Crippen molar-refractivity contribution in [2.24, 2.45) is 0 Å². The Morgan fingerprint density at radius 2 is 1.94 bits per heavy atom. The summed E-state index contributed by atoms with van der Waals surface area (Å²) in [6.45, 7) is 1.69. The number of aromatic nitrogens is 2. The number of halogens is 1. The minimum absolute atomic E-state index is 0.567. The Bertz CT molecular complexity index is 580. The maximum atomic E-state index is 5.99. The third kappa shape index (κ3) is 2.05. The fraction of sp³-hybridized carbons (Fsp3) is 0.231. The highest BCUT2D eigenvalue weighted by Crippen LogP contribution is 2.23. The van der Waals surface area contributed by atoms with Gasteiger partial charge in [0.1, 0.15) is 5.82 Å². The molecular formula is C13H13ClN4. The summed E-state index contributed by atoms with van der Waals surface area (Å²) >= 11 is 5.87. The van der Waals surface area contributed by atoms with Gasteiger partial charge in [0.2, 0.25) is 0 Å². The first-order valence-corrected chi connectivity index (χ1v) is 6.24. The molecule has 1 aliphatic heterocycles. The van der Waals surface area contributed by atoms with Gasteiger partial charge in [-0.05, 0) is 24.3 Å². The molecule has 1 aliphatic rings. The molecule has 18 heavy (non-hydrogen) atoms. The molecule has 0 bridgehead atoms. The van der Waals surface area contributed by atoms with Gasteiger partial charge in [-0.25, -0.2) is 9.97 Å². The van der Waals surface area contributed by atoms with Crippen LogP contribution in [0.25, 0.3) is 11.4 Å². The molecule has 5 heteroatoms. The molecule has 92 valence electrons. The third-order valence-corrected chi connectivity index (χ3v) is 3.32. The number of nitrogens with two attached hydrogens (primary N) is 1. The zero-order chi connectivity index (χ0) is 12.5. The topological polar surface area (TPSA) is 63.8 Å². The number of anilines is 1. The predicted octanol–water partition coefficient (Wildman–Crippen LogP) is 2.02. The first-order chi connectivity index (χ1) is 8.74. The Kier molecular flexibility index (Phi) is 2.89. The van der Waals surface area contributed by atoms with Gasteiger partial charge in [0.25, 0.3) is 0 Å². The van der Waals surface area contributed by atoms with E-state index in [-0.39, 0.29) is 0 Å². The van der Waals surface area contributed by atoms with E-state index in [0.717, 1.165) is 36.3 Å². The molecule has 0 unspecified atom stereocenters. The van der Waals surface area contributed by atoms with Crippen molar-refractivity contribution in [1.82, 2.24) is 15.3 Å². The molecule has 4 nitrogen and oxygen atoms in total. The van der Waals surface area contributed by atoms with Gasteiger partial charge in [-0.3, -0.25) is 0 Å². The first-order valence-electron chi connectivity index (χ1n) is 5.86. The molecule has 2 aromatic rings. The van der Waals surface area contributed by atoms with Crippen LogP contribution in [0.15, 0.2) is 24.3 Å². The fourth-order valence-corrected chi connectivity index (χ4v) is 2.22. The number of nitrogen functional groups attached to an aromatic ring is 1. The standard InChI is InChI=1S/C13H13ClN4/c14-9-3-1-8(2-4-9)13-17-11-5-6-16-7-10(11)12(15)18-13/h1-4,16H,5-7H2,(H2,15,17,18). The fourth-order valence-electron chi connectivity index (χ4n) is 2.10. The highest BCUT2D eigenvalue weighted by Gasteiger charge is 2.16. The van der Waals surface area contributed by atoms with Crippen LogP contribution >= 0.6 is 11.6 Å². The third-order valence-electron chi connectivity index (χ3n) is 3.07. The average molecular weight is 261 g/mol. The van der Waals surface area contributed by atoms with E-state index in [2.05, 4.69) is 15.3 Å². The summed E-state index contributed by atoms with van der Waals surface area (Å²) in [6.07, 6.45) is 0.892. The minimum Gasteiger partial charge on any atom is -0.383 e. The Morgan fingerprint density at radius 1 is 1.17 bits per heavy atom. The molecule has 0 saturated carbocycles. The van der Waals surface area contributed by atoms with Gasteiger partial charge in [0.05, 0.1) is 5.69 Å². The maximum absolute atomic E-state index is 5.99. The second kappa shape index (κ2) is 4.55. The molecule has 0 atom stereocenters. The van der Waals surface area contributed by atoms with Gasteiger partial charge in [0, 0.05) is 35.7 Å². The van der Waals surface area contributed by atoms with E-state index < -0.39 is 0 Å². The summed E-state index contributed by atoms with van der Waals surface area (Å²) in [5, 5.41) is 3.97. The normalized spacial score (nSPS) is 14.3. The monoisotopic (exact) mass is 260 g/mol. The van der Waals surface area contributed by atoms with Crippen molar-refractivity contribution in [3.8, 4) is 11.4 Å². The number of nitrogens with one attached hydrogen (secondary N) is 1. The van der Waals surface area contributed by atoms with E-state index in [1.165, 1.54) is 0 Å². The van der Waals surface area contributed by atoms with E-state index in [9.17, 15) is 0 Å². The summed E-state index contributed by atoms with van der Waals surface area (Å²) in [5.41, 5.74) is 9.00. The second-order valence-electron chi connectivity index (χ2n) is 4.29. The Morgan fingerprint density at radius 3 is 2.72 bits per heavy atom. The summed E-state index contributed by atoms with van der Waals surface area (Å²) in [5.74, 6) is 1.24. The maximum Gasteiger partial charge on any atom is 0.161 e.